The predicted molar refractivity (Wildman–Crippen MR) is 75.5 cm³/mol. The van der Waals surface area contributed by atoms with Gasteiger partial charge in [-0.3, -0.25) is 4.79 Å². The molecule has 0 aliphatic carbocycles. The Kier molecular flexibility index (Phi) is 3.38. The minimum absolute atomic E-state index is 0.126. The predicted octanol–water partition coefficient (Wildman–Crippen LogP) is 3.27. The van der Waals surface area contributed by atoms with Crippen LogP contribution in [0.2, 0.25) is 0 Å². The normalized spacial score (nSPS) is 16.9. The molecule has 0 unspecified atom stereocenters. The molecule has 100 valence electrons. The van der Waals surface area contributed by atoms with Crippen molar-refractivity contribution in [2.75, 3.05) is 13.2 Å². The SMILES string of the molecule is CC(=O)c1ccc2ccn(CC3CCOCC3)c2c1. The first-order valence-corrected chi connectivity index (χ1v) is 6.91. The highest BCUT2D eigenvalue weighted by Crippen LogP contribution is 2.22. The zero-order valence-corrected chi connectivity index (χ0v) is 11.3. The van der Waals surface area contributed by atoms with Crippen molar-refractivity contribution in [2.45, 2.75) is 26.3 Å². The molecule has 3 rings (SSSR count). The second-order valence-corrected chi connectivity index (χ2v) is 5.35. The minimum Gasteiger partial charge on any atom is -0.381 e. The van der Waals surface area contributed by atoms with E-state index in [1.54, 1.807) is 6.92 Å². The van der Waals surface area contributed by atoms with Crippen LogP contribution in [0.4, 0.5) is 0 Å². The Labute approximate surface area is 113 Å². The number of hydrogen-bond acceptors (Lipinski definition) is 2. The lowest BCUT2D eigenvalue weighted by atomic mass is 10.0. The van der Waals surface area contributed by atoms with E-state index in [0.29, 0.717) is 5.92 Å². The van der Waals surface area contributed by atoms with Gasteiger partial charge in [0.05, 0.1) is 0 Å². The molecule has 1 aliphatic rings. The maximum Gasteiger partial charge on any atom is 0.159 e. The van der Waals surface area contributed by atoms with Crippen LogP contribution in [0.15, 0.2) is 30.5 Å². The van der Waals surface area contributed by atoms with Crippen LogP contribution in [0.3, 0.4) is 0 Å². The van der Waals surface area contributed by atoms with E-state index >= 15 is 0 Å². The number of fused-ring (bicyclic) bond motifs is 1. The second kappa shape index (κ2) is 5.17. The summed E-state index contributed by atoms with van der Waals surface area (Å²) in [4.78, 5) is 11.5. The van der Waals surface area contributed by atoms with Gasteiger partial charge in [-0.05, 0) is 43.2 Å². The molecular formula is C16H19NO2. The fourth-order valence-electron chi connectivity index (χ4n) is 2.77. The summed E-state index contributed by atoms with van der Waals surface area (Å²) in [6.07, 6.45) is 4.39. The third kappa shape index (κ3) is 2.56. The van der Waals surface area contributed by atoms with E-state index in [2.05, 4.69) is 16.8 Å². The number of benzene rings is 1. The number of rotatable bonds is 3. The molecule has 0 saturated carbocycles. The van der Waals surface area contributed by atoms with E-state index in [1.165, 1.54) is 10.9 Å². The summed E-state index contributed by atoms with van der Waals surface area (Å²) in [6.45, 7) is 4.40. The van der Waals surface area contributed by atoms with E-state index in [-0.39, 0.29) is 5.78 Å². The van der Waals surface area contributed by atoms with Crippen LogP contribution in [0.5, 0.6) is 0 Å². The van der Waals surface area contributed by atoms with Crippen molar-refractivity contribution in [2.24, 2.45) is 5.92 Å². The van der Waals surface area contributed by atoms with E-state index in [0.717, 1.165) is 38.2 Å². The number of ketones is 1. The van der Waals surface area contributed by atoms with Crippen molar-refractivity contribution < 1.29 is 9.53 Å². The molecule has 2 aromatic rings. The molecule has 1 saturated heterocycles. The number of hydrogen-bond donors (Lipinski definition) is 0. The van der Waals surface area contributed by atoms with Crippen molar-refractivity contribution in [1.29, 1.82) is 0 Å². The Morgan fingerprint density at radius 1 is 1.32 bits per heavy atom. The van der Waals surface area contributed by atoms with Gasteiger partial charge in [-0.1, -0.05) is 12.1 Å². The van der Waals surface area contributed by atoms with Gasteiger partial charge in [0.15, 0.2) is 5.78 Å². The summed E-state index contributed by atoms with van der Waals surface area (Å²) in [5.74, 6) is 0.811. The zero-order valence-electron chi connectivity index (χ0n) is 11.3. The van der Waals surface area contributed by atoms with E-state index in [9.17, 15) is 4.79 Å². The number of carbonyl (C=O) groups is 1. The molecule has 0 atom stereocenters. The molecule has 2 heterocycles. The van der Waals surface area contributed by atoms with Gasteiger partial charge in [-0.2, -0.15) is 0 Å². The molecule has 0 amide bonds. The molecule has 1 aromatic carbocycles. The minimum atomic E-state index is 0.126. The highest BCUT2D eigenvalue weighted by Gasteiger charge is 2.15. The Hall–Kier alpha value is -1.61. The van der Waals surface area contributed by atoms with Crippen LogP contribution < -0.4 is 0 Å². The van der Waals surface area contributed by atoms with E-state index < -0.39 is 0 Å². The maximum atomic E-state index is 11.5. The van der Waals surface area contributed by atoms with Gasteiger partial charge in [-0.25, -0.2) is 0 Å². The Morgan fingerprint density at radius 2 is 2.11 bits per heavy atom. The second-order valence-electron chi connectivity index (χ2n) is 5.35. The topological polar surface area (TPSA) is 31.2 Å². The van der Waals surface area contributed by atoms with Crippen molar-refractivity contribution in [3.8, 4) is 0 Å². The molecule has 0 N–H and O–H groups in total. The monoisotopic (exact) mass is 257 g/mol. The third-order valence-corrected chi connectivity index (χ3v) is 3.98. The van der Waals surface area contributed by atoms with Crippen molar-refractivity contribution in [3.05, 3.63) is 36.0 Å². The molecule has 19 heavy (non-hydrogen) atoms. The maximum absolute atomic E-state index is 11.5. The van der Waals surface area contributed by atoms with E-state index in [1.807, 2.05) is 18.2 Å². The average Bonchev–Trinajstić information content (AvgIpc) is 2.82. The van der Waals surface area contributed by atoms with Crippen LogP contribution in [-0.4, -0.2) is 23.6 Å². The third-order valence-electron chi connectivity index (χ3n) is 3.98. The van der Waals surface area contributed by atoms with Gasteiger partial charge < -0.3 is 9.30 Å². The summed E-state index contributed by atoms with van der Waals surface area (Å²) in [6, 6.07) is 8.07. The molecule has 3 nitrogen and oxygen atoms in total. The van der Waals surface area contributed by atoms with Crippen LogP contribution in [0.1, 0.15) is 30.1 Å². The van der Waals surface area contributed by atoms with Gasteiger partial charge in [-0.15, -0.1) is 0 Å². The lowest BCUT2D eigenvalue weighted by molar-refractivity contribution is 0.0616. The van der Waals surface area contributed by atoms with Crippen molar-refractivity contribution in [3.63, 3.8) is 0 Å². The summed E-state index contributed by atoms with van der Waals surface area (Å²) < 4.78 is 7.68. The summed E-state index contributed by atoms with van der Waals surface area (Å²) in [7, 11) is 0. The number of Topliss-reactive ketones (excluding diaryl/α,β-unsaturated/α-hetero) is 1. The van der Waals surface area contributed by atoms with Crippen LogP contribution in [0, 0.1) is 5.92 Å². The largest absolute Gasteiger partial charge is 0.381 e. The van der Waals surface area contributed by atoms with Gasteiger partial charge in [0.1, 0.15) is 0 Å². The van der Waals surface area contributed by atoms with Gasteiger partial charge in [0.25, 0.3) is 0 Å². The van der Waals surface area contributed by atoms with E-state index in [4.69, 9.17) is 4.74 Å². The van der Waals surface area contributed by atoms with Crippen molar-refractivity contribution in [1.82, 2.24) is 4.57 Å². The quantitative estimate of drug-likeness (QED) is 0.790. The van der Waals surface area contributed by atoms with Crippen molar-refractivity contribution >= 4 is 16.7 Å². The standard InChI is InChI=1S/C16H19NO2/c1-12(18)15-3-2-14-4-7-17(16(14)10-15)11-13-5-8-19-9-6-13/h2-4,7,10,13H,5-6,8-9,11H2,1H3. The van der Waals surface area contributed by atoms with Crippen LogP contribution in [0.25, 0.3) is 10.9 Å². The number of ether oxygens (including phenoxy) is 1. The number of aromatic nitrogens is 1. The van der Waals surface area contributed by atoms with Gasteiger partial charge in [0, 0.05) is 37.0 Å². The van der Waals surface area contributed by atoms with Gasteiger partial charge >= 0.3 is 0 Å². The highest BCUT2D eigenvalue weighted by atomic mass is 16.5. The summed E-state index contributed by atoms with van der Waals surface area (Å²) >= 11 is 0. The fraction of sp³-hybridized carbons (Fsp3) is 0.438. The molecule has 0 spiro atoms. The smallest absolute Gasteiger partial charge is 0.159 e. The Morgan fingerprint density at radius 3 is 2.84 bits per heavy atom. The molecule has 1 aliphatic heterocycles. The molecule has 1 aromatic heterocycles. The fourth-order valence-corrected chi connectivity index (χ4v) is 2.77. The lowest BCUT2D eigenvalue weighted by Gasteiger charge is -2.22. The molecule has 1 fully saturated rings. The van der Waals surface area contributed by atoms with Crippen LogP contribution >= 0.6 is 0 Å². The summed E-state index contributed by atoms with van der Waals surface area (Å²) in [5.41, 5.74) is 1.96. The average molecular weight is 257 g/mol. The number of carbonyl (C=O) groups excluding carboxylic acids is 1. The Bertz CT molecular complexity index is 594. The molecule has 3 heteroatoms. The summed E-state index contributed by atoms with van der Waals surface area (Å²) in [5, 5.41) is 1.21. The van der Waals surface area contributed by atoms with Gasteiger partial charge in [0.2, 0.25) is 0 Å². The van der Waals surface area contributed by atoms with Crippen LogP contribution in [-0.2, 0) is 11.3 Å². The lowest BCUT2D eigenvalue weighted by Crippen LogP contribution is -2.20. The molecule has 0 radical (unpaired) electrons. The first kappa shape index (κ1) is 12.4. The highest BCUT2D eigenvalue weighted by molar-refractivity contribution is 5.97. The molecule has 0 bridgehead atoms. The zero-order chi connectivity index (χ0) is 13.2. The first-order chi connectivity index (χ1) is 9.24. The Balaban J connectivity index is 1.89. The first-order valence-electron chi connectivity index (χ1n) is 6.91. The number of nitrogens with zero attached hydrogens (tertiary/aromatic N) is 1. The molecular weight excluding hydrogens is 238 g/mol.